The number of halogens is 3. The van der Waals surface area contributed by atoms with Crippen LogP contribution in [0.3, 0.4) is 0 Å². The van der Waals surface area contributed by atoms with E-state index in [9.17, 15) is 13.2 Å². The minimum Gasteiger partial charge on any atom is -0.337 e. The molecule has 0 unspecified atom stereocenters. The maximum atomic E-state index is 14.0. The number of hydrogen-bond donors (Lipinski definition) is 0. The van der Waals surface area contributed by atoms with Gasteiger partial charge in [0.15, 0.2) is 0 Å². The van der Waals surface area contributed by atoms with Gasteiger partial charge in [0.05, 0.1) is 6.33 Å². The molecule has 1 heterocycles. The lowest BCUT2D eigenvalue weighted by atomic mass is 10.1. The van der Waals surface area contributed by atoms with Crippen LogP contribution in [-0.4, -0.2) is 21.0 Å². The Balaban J connectivity index is 1.70. The molecule has 0 spiro atoms. The Morgan fingerprint density at radius 3 is 2.42 bits per heavy atom. The van der Waals surface area contributed by atoms with Crippen molar-refractivity contribution in [2.75, 3.05) is 6.54 Å². The molecular weight excluding hydrogens is 339 g/mol. The second-order valence-electron chi connectivity index (χ2n) is 6.23. The summed E-state index contributed by atoms with van der Waals surface area (Å²) in [7, 11) is 0. The van der Waals surface area contributed by atoms with Crippen LogP contribution in [0.4, 0.5) is 13.2 Å². The molecule has 136 valence electrons. The van der Waals surface area contributed by atoms with Crippen molar-refractivity contribution in [2.24, 2.45) is 0 Å². The van der Waals surface area contributed by atoms with Crippen LogP contribution in [0.2, 0.25) is 0 Å². The van der Waals surface area contributed by atoms with Gasteiger partial charge in [-0.15, -0.1) is 0 Å². The summed E-state index contributed by atoms with van der Waals surface area (Å²) in [5, 5.41) is 0. The minimum absolute atomic E-state index is 0.280. The monoisotopic (exact) mass is 359 g/mol. The molecule has 3 rings (SSSR count). The highest BCUT2D eigenvalue weighted by atomic mass is 19.1. The zero-order valence-corrected chi connectivity index (χ0v) is 14.3. The van der Waals surface area contributed by atoms with E-state index >= 15 is 0 Å². The second-order valence-corrected chi connectivity index (χ2v) is 6.23. The Hall–Kier alpha value is -2.60. The van der Waals surface area contributed by atoms with E-state index in [4.69, 9.17) is 0 Å². The van der Waals surface area contributed by atoms with Crippen LogP contribution in [0.5, 0.6) is 0 Å². The van der Waals surface area contributed by atoms with Gasteiger partial charge in [-0.1, -0.05) is 18.2 Å². The number of hydrogen-bond acceptors (Lipinski definition) is 2. The van der Waals surface area contributed by atoms with E-state index in [2.05, 4.69) is 4.98 Å². The average Bonchev–Trinajstić information content (AvgIpc) is 3.09. The fraction of sp³-hybridized carbons (Fsp3) is 0.250. The number of benzene rings is 2. The zero-order chi connectivity index (χ0) is 18.4. The van der Waals surface area contributed by atoms with E-state index in [0.29, 0.717) is 30.8 Å². The predicted molar refractivity (Wildman–Crippen MR) is 93.7 cm³/mol. The van der Waals surface area contributed by atoms with Gasteiger partial charge in [0.2, 0.25) is 0 Å². The minimum atomic E-state index is -0.607. The maximum absolute atomic E-state index is 14.0. The summed E-state index contributed by atoms with van der Waals surface area (Å²) >= 11 is 0. The lowest BCUT2D eigenvalue weighted by Gasteiger charge is -2.23. The van der Waals surface area contributed by atoms with Crippen LogP contribution in [0.15, 0.2) is 61.2 Å². The molecule has 2 aromatic carbocycles. The van der Waals surface area contributed by atoms with E-state index in [0.717, 1.165) is 19.0 Å². The van der Waals surface area contributed by atoms with Gasteiger partial charge < -0.3 is 4.57 Å². The quantitative estimate of drug-likeness (QED) is 0.595. The van der Waals surface area contributed by atoms with Crippen molar-refractivity contribution in [3.05, 3.63) is 89.8 Å². The van der Waals surface area contributed by atoms with Crippen LogP contribution in [0.25, 0.3) is 0 Å². The van der Waals surface area contributed by atoms with E-state index in [1.165, 1.54) is 18.2 Å². The topological polar surface area (TPSA) is 21.1 Å². The average molecular weight is 359 g/mol. The molecule has 0 aliphatic heterocycles. The summed E-state index contributed by atoms with van der Waals surface area (Å²) in [6.45, 7) is 2.14. The molecule has 0 N–H and O–H groups in total. The van der Waals surface area contributed by atoms with Crippen molar-refractivity contribution in [3.8, 4) is 0 Å². The van der Waals surface area contributed by atoms with Crippen molar-refractivity contribution in [2.45, 2.75) is 26.1 Å². The molecule has 3 aromatic rings. The van der Waals surface area contributed by atoms with Gasteiger partial charge in [0.1, 0.15) is 17.5 Å². The smallest absolute Gasteiger partial charge is 0.127 e. The fourth-order valence-corrected chi connectivity index (χ4v) is 2.94. The lowest BCUT2D eigenvalue weighted by molar-refractivity contribution is 0.244. The Morgan fingerprint density at radius 1 is 0.962 bits per heavy atom. The summed E-state index contributed by atoms with van der Waals surface area (Å²) in [5.74, 6) is -1.49. The number of aryl methyl sites for hydroxylation is 1. The van der Waals surface area contributed by atoms with Crippen LogP contribution in [-0.2, 0) is 19.6 Å². The van der Waals surface area contributed by atoms with Gasteiger partial charge in [0.25, 0.3) is 0 Å². The van der Waals surface area contributed by atoms with Crippen molar-refractivity contribution < 1.29 is 13.2 Å². The molecule has 0 radical (unpaired) electrons. The SMILES string of the molecule is Fc1cc(F)cc(CN(CCCn2ccnc2)Cc2ccccc2F)c1. The van der Waals surface area contributed by atoms with Crippen LogP contribution < -0.4 is 0 Å². The van der Waals surface area contributed by atoms with E-state index < -0.39 is 11.6 Å². The molecule has 0 amide bonds. The molecule has 0 saturated heterocycles. The highest BCUT2D eigenvalue weighted by Gasteiger charge is 2.11. The first kappa shape index (κ1) is 18.2. The van der Waals surface area contributed by atoms with Crippen molar-refractivity contribution in [1.29, 1.82) is 0 Å². The zero-order valence-electron chi connectivity index (χ0n) is 14.3. The van der Waals surface area contributed by atoms with Gasteiger partial charge in [-0.2, -0.15) is 0 Å². The summed E-state index contributed by atoms with van der Waals surface area (Å²) in [6.07, 6.45) is 6.14. The number of nitrogens with zero attached hydrogens (tertiary/aromatic N) is 3. The summed E-state index contributed by atoms with van der Waals surface area (Å²) in [6, 6.07) is 10.0. The molecule has 0 saturated carbocycles. The molecule has 6 heteroatoms. The summed E-state index contributed by atoms with van der Waals surface area (Å²) in [4.78, 5) is 5.99. The van der Waals surface area contributed by atoms with Gasteiger partial charge in [-0.3, -0.25) is 4.90 Å². The van der Waals surface area contributed by atoms with E-state index in [1.807, 2.05) is 15.7 Å². The number of aromatic nitrogens is 2. The lowest BCUT2D eigenvalue weighted by Crippen LogP contribution is -2.25. The molecule has 0 fully saturated rings. The third kappa shape index (κ3) is 5.20. The molecular formula is C20H20F3N3. The van der Waals surface area contributed by atoms with Gasteiger partial charge in [-0.05, 0) is 30.2 Å². The standard InChI is InChI=1S/C20H20F3N3/c21-18-10-16(11-19(22)12-18)13-26(8-3-7-25-9-6-24-15-25)14-17-4-1-2-5-20(17)23/h1-2,4-6,9-12,15H,3,7-8,13-14H2. The maximum Gasteiger partial charge on any atom is 0.127 e. The molecule has 0 aliphatic carbocycles. The predicted octanol–water partition coefficient (Wildman–Crippen LogP) is 4.39. The first-order chi connectivity index (χ1) is 12.6. The Labute approximate surface area is 150 Å². The molecule has 0 aliphatic rings. The van der Waals surface area contributed by atoms with Crippen LogP contribution >= 0.6 is 0 Å². The molecule has 1 aromatic heterocycles. The Kier molecular flexibility index (Phi) is 6.07. The van der Waals surface area contributed by atoms with Gasteiger partial charge in [-0.25, -0.2) is 18.2 Å². The third-order valence-corrected chi connectivity index (χ3v) is 4.13. The molecule has 0 atom stereocenters. The molecule has 0 bridgehead atoms. The summed E-state index contributed by atoms with van der Waals surface area (Å²) < 4.78 is 42.9. The van der Waals surface area contributed by atoms with E-state index in [1.54, 1.807) is 30.7 Å². The van der Waals surface area contributed by atoms with Gasteiger partial charge in [0, 0.05) is 50.2 Å². The van der Waals surface area contributed by atoms with Crippen LogP contribution in [0.1, 0.15) is 17.5 Å². The Morgan fingerprint density at radius 2 is 1.73 bits per heavy atom. The normalized spacial score (nSPS) is 11.2. The molecule has 26 heavy (non-hydrogen) atoms. The summed E-state index contributed by atoms with van der Waals surface area (Å²) in [5.41, 5.74) is 1.09. The fourth-order valence-electron chi connectivity index (χ4n) is 2.94. The van der Waals surface area contributed by atoms with Crippen LogP contribution in [0, 0.1) is 17.5 Å². The van der Waals surface area contributed by atoms with E-state index in [-0.39, 0.29) is 5.82 Å². The number of rotatable bonds is 8. The third-order valence-electron chi connectivity index (χ3n) is 4.13. The van der Waals surface area contributed by atoms with Crippen molar-refractivity contribution >= 4 is 0 Å². The second kappa shape index (κ2) is 8.67. The van der Waals surface area contributed by atoms with Crippen molar-refractivity contribution in [3.63, 3.8) is 0 Å². The highest BCUT2D eigenvalue weighted by Crippen LogP contribution is 2.15. The largest absolute Gasteiger partial charge is 0.337 e. The number of imidazole rings is 1. The first-order valence-electron chi connectivity index (χ1n) is 8.46. The molecule has 3 nitrogen and oxygen atoms in total. The Bertz CT molecular complexity index is 814. The van der Waals surface area contributed by atoms with Gasteiger partial charge >= 0.3 is 0 Å². The first-order valence-corrected chi connectivity index (χ1v) is 8.46. The highest BCUT2D eigenvalue weighted by molar-refractivity contribution is 5.20. The van der Waals surface area contributed by atoms with Crippen molar-refractivity contribution in [1.82, 2.24) is 14.5 Å².